The Balaban J connectivity index is 1.46. The maximum atomic E-state index is 12.5. The fourth-order valence-electron chi connectivity index (χ4n) is 3.60. The summed E-state index contributed by atoms with van der Waals surface area (Å²) in [5, 5.41) is 12.6. The molecule has 5 rings (SSSR count). The highest BCUT2D eigenvalue weighted by molar-refractivity contribution is 7.22. The molecule has 2 aromatic heterocycles. The molecule has 1 saturated heterocycles. The second kappa shape index (κ2) is 7.35. The van der Waals surface area contributed by atoms with E-state index in [-0.39, 0.29) is 5.91 Å². The number of aromatic amines is 1. The van der Waals surface area contributed by atoms with Gasteiger partial charge in [-0.25, -0.2) is 0 Å². The van der Waals surface area contributed by atoms with Crippen LogP contribution in [0.25, 0.3) is 31.4 Å². The van der Waals surface area contributed by atoms with Gasteiger partial charge in [0.15, 0.2) is 0 Å². The Hall–Kier alpha value is -2.74. The predicted molar refractivity (Wildman–Crippen MR) is 113 cm³/mol. The number of carbonyl (C=O) groups is 1. The van der Waals surface area contributed by atoms with Crippen LogP contribution in [0.4, 0.5) is 5.69 Å². The van der Waals surface area contributed by atoms with E-state index < -0.39 is 0 Å². The molecule has 1 amide bonds. The number of nitrogens with zero attached hydrogens (tertiary/aromatic N) is 2. The summed E-state index contributed by atoms with van der Waals surface area (Å²) in [6.45, 7) is 3.34. The average molecular weight is 392 g/mol. The molecule has 1 fully saturated rings. The van der Waals surface area contributed by atoms with Crippen LogP contribution in [-0.4, -0.2) is 53.9 Å². The minimum atomic E-state index is -0.00737. The molecule has 0 atom stereocenters. The van der Waals surface area contributed by atoms with Crippen LogP contribution in [0.15, 0.2) is 48.7 Å². The van der Waals surface area contributed by atoms with Crippen molar-refractivity contribution >= 4 is 43.9 Å². The van der Waals surface area contributed by atoms with Crippen molar-refractivity contribution in [3.05, 3.63) is 48.7 Å². The van der Waals surface area contributed by atoms with Crippen LogP contribution < -0.4 is 5.32 Å². The molecule has 7 heteroatoms. The highest BCUT2D eigenvalue weighted by Gasteiger charge is 2.16. The lowest BCUT2D eigenvalue weighted by Crippen LogP contribution is -2.41. The SMILES string of the molecule is O=C(CN1CCOCC1)Nc1cc(-c2cc3ccccc3s2)c2[nH]ncc2c1. The standard InChI is InChI=1S/C21H20N4O2S/c26-20(13-25-5-7-27-8-6-25)23-16-9-15-12-22-24-21(15)17(11-16)19-10-14-3-1-2-4-18(14)28-19/h1-4,9-12H,5-8,13H2,(H,22,24)(H,23,26). The minimum Gasteiger partial charge on any atom is -0.379 e. The Morgan fingerprint density at radius 1 is 1.18 bits per heavy atom. The molecule has 0 unspecified atom stereocenters. The fourth-order valence-corrected chi connectivity index (χ4v) is 4.69. The molecule has 2 aromatic carbocycles. The van der Waals surface area contributed by atoms with Gasteiger partial charge in [0.1, 0.15) is 0 Å². The number of nitrogens with one attached hydrogen (secondary N) is 2. The van der Waals surface area contributed by atoms with Crippen LogP contribution >= 0.6 is 11.3 Å². The van der Waals surface area contributed by atoms with Gasteiger partial charge >= 0.3 is 0 Å². The molecule has 6 nitrogen and oxygen atoms in total. The summed E-state index contributed by atoms with van der Waals surface area (Å²) in [6, 6.07) is 14.5. The monoisotopic (exact) mass is 392 g/mol. The topological polar surface area (TPSA) is 70.2 Å². The maximum Gasteiger partial charge on any atom is 0.238 e. The number of carbonyl (C=O) groups excluding carboxylic acids is 1. The second-order valence-corrected chi connectivity index (χ2v) is 8.03. The normalized spacial score (nSPS) is 15.3. The third-order valence-electron chi connectivity index (χ3n) is 4.99. The Morgan fingerprint density at radius 3 is 2.89 bits per heavy atom. The van der Waals surface area contributed by atoms with Crippen LogP contribution in [0, 0.1) is 0 Å². The van der Waals surface area contributed by atoms with Gasteiger partial charge in [-0.1, -0.05) is 18.2 Å². The Labute approximate surface area is 166 Å². The molecular formula is C21H20N4O2S. The van der Waals surface area contributed by atoms with Gasteiger partial charge in [0.2, 0.25) is 5.91 Å². The van der Waals surface area contributed by atoms with E-state index in [1.807, 2.05) is 18.2 Å². The first-order chi connectivity index (χ1) is 13.8. The van der Waals surface area contributed by atoms with Gasteiger partial charge in [-0.05, 0) is 29.7 Å². The van der Waals surface area contributed by atoms with Gasteiger partial charge in [0.05, 0.1) is 31.5 Å². The van der Waals surface area contributed by atoms with Crippen molar-refractivity contribution in [3.8, 4) is 10.4 Å². The first kappa shape index (κ1) is 17.4. The number of hydrogen-bond donors (Lipinski definition) is 2. The predicted octanol–water partition coefficient (Wildman–Crippen LogP) is 3.72. The zero-order valence-corrected chi connectivity index (χ0v) is 16.1. The number of hydrogen-bond acceptors (Lipinski definition) is 5. The number of morpholine rings is 1. The molecule has 4 aromatic rings. The zero-order chi connectivity index (χ0) is 18.9. The van der Waals surface area contributed by atoms with Crippen molar-refractivity contribution in [2.24, 2.45) is 0 Å². The highest BCUT2D eigenvalue weighted by Crippen LogP contribution is 2.38. The third-order valence-corrected chi connectivity index (χ3v) is 6.14. The number of benzene rings is 2. The third kappa shape index (κ3) is 3.40. The van der Waals surface area contributed by atoms with Crippen molar-refractivity contribution < 1.29 is 9.53 Å². The zero-order valence-electron chi connectivity index (χ0n) is 15.3. The van der Waals surface area contributed by atoms with Gasteiger partial charge in [-0.3, -0.25) is 14.8 Å². The van der Waals surface area contributed by atoms with Crippen LogP contribution in [-0.2, 0) is 9.53 Å². The number of fused-ring (bicyclic) bond motifs is 2. The van der Waals surface area contributed by atoms with Gasteiger partial charge in [-0.15, -0.1) is 11.3 Å². The van der Waals surface area contributed by atoms with Gasteiger partial charge < -0.3 is 10.1 Å². The fraction of sp³-hybridized carbons (Fsp3) is 0.238. The van der Waals surface area contributed by atoms with E-state index in [0.717, 1.165) is 40.1 Å². The molecular weight excluding hydrogens is 372 g/mol. The first-order valence-corrected chi connectivity index (χ1v) is 10.1. The molecule has 0 aliphatic carbocycles. The molecule has 0 bridgehead atoms. The smallest absolute Gasteiger partial charge is 0.238 e. The van der Waals surface area contributed by atoms with Gasteiger partial charge in [-0.2, -0.15) is 5.10 Å². The molecule has 1 aliphatic rings. The Kier molecular flexibility index (Phi) is 4.56. The van der Waals surface area contributed by atoms with Gasteiger partial charge in [0.25, 0.3) is 0 Å². The molecule has 2 N–H and O–H groups in total. The number of H-pyrrole nitrogens is 1. The average Bonchev–Trinajstić information content (AvgIpc) is 3.34. The van der Waals surface area contributed by atoms with Crippen molar-refractivity contribution in [3.63, 3.8) is 0 Å². The van der Waals surface area contributed by atoms with Crippen LogP contribution in [0.3, 0.4) is 0 Å². The maximum absolute atomic E-state index is 12.5. The number of rotatable bonds is 4. The minimum absolute atomic E-state index is 0.00737. The van der Waals surface area contributed by atoms with E-state index in [1.54, 1.807) is 17.5 Å². The molecule has 0 spiro atoms. The summed E-state index contributed by atoms with van der Waals surface area (Å²) in [7, 11) is 0. The second-order valence-electron chi connectivity index (χ2n) is 6.94. The van der Waals surface area contributed by atoms with Crippen LogP contribution in [0.5, 0.6) is 0 Å². The van der Waals surface area contributed by atoms with E-state index in [1.165, 1.54) is 10.1 Å². The highest BCUT2D eigenvalue weighted by atomic mass is 32.1. The summed E-state index contributed by atoms with van der Waals surface area (Å²) < 4.78 is 6.59. The summed E-state index contributed by atoms with van der Waals surface area (Å²) in [5.74, 6) is -0.00737. The Morgan fingerprint density at radius 2 is 2.04 bits per heavy atom. The van der Waals surface area contributed by atoms with Crippen molar-refractivity contribution in [1.82, 2.24) is 15.1 Å². The number of amides is 1. The molecule has 1 aliphatic heterocycles. The molecule has 3 heterocycles. The number of thiophene rings is 1. The number of aromatic nitrogens is 2. The van der Waals surface area contributed by atoms with E-state index in [2.05, 4.69) is 44.7 Å². The number of anilines is 1. The first-order valence-electron chi connectivity index (χ1n) is 9.32. The largest absolute Gasteiger partial charge is 0.379 e. The van der Waals surface area contributed by atoms with E-state index in [0.29, 0.717) is 19.8 Å². The summed E-state index contributed by atoms with van der Waals surface area (Å²) in [6.07, 6.45) is 1.80. The van der Waals surface area contributed by atoms with Crippen LogP contribution in [0.2, 0.25) is 0 Å². The summed E-state index contributed by atoms with van der Waals surface area (Å²) in [4.78, 5) is 15.8. The molecule has 0 radical (unpaired) electrons. The number of ether oxygens (including phenoxy) is 1. The van der Waals surface area contributed by atoms with Crippen LogP contribution in [0.1, 0.15) is 0 Å². The van der Waals surface area contributed by atoms with E-state index >= 15 is 0 Å². The van der Waals surface area contributed by atoms with Gasteiger partial charge in [0, 0.05) is 39.3 Å². The molecule has 142 valence electrons. The lowest BCUT2D eigenvalue weighted by Gasteiger charge is -2.25. The lowest BCUT2D eigenvalue weighted by atomic mass is 10.1. The van der Waals surface area contributed by atoms with Crippen molar-refractivity contribution in [2.45, 2.75) is 0 Å². The summed E-state index contributed by atoms with van der Waals surface area (Å²) >= 11 is 1.74. The van der Waals surface area contributed by atoms with Crippen molar-refractivity contribution in [1.29, 1.82) is 0 Å². The van der Waals surface area contributed by atoms with E-state index in [9.17, 15) is 4.79 Å². The molecule has 28 heavy (non-hydrogen) atoms. The Bertz CT molecular complexity index is 1110. The van der Waals surface area contributed by atoms with E-state index in [4.69, 9.17) is 4.74 Å². The van der Waals surface area contributed by atoms with Crippen molar-refractivity contribution in [2.75, 3.05) is 38.2 Å². The molecule has 0 saturated carbocycles. The lowest BCUT2D eigenvalue weighted by molar-refractivity contribution is -0.118. The summed E-state index contributed by atoms with van der Waals surface area (Å²) in [5.41, 5.74) is 2.83. The quantitative estimate of drug-likeness (QED) is 0.555.